The first-order chi connectivity index (χ1) is 9.36. The minimum Gasteiger partial charge on any atom is -0.411 e. The van der Waals surface area contributed by atoms with Crippen LogP contribution < -0.4 is 0 Å². The lowest BCUT2D eigenvalue weighted by Gasteiger charge is -2.26. The van der Waals surface area contributed by atoms with Crippen molar-refractivity contribution in [3.8, 4) is 0 Å². The Morgan fingerprint density at radius 1 is 1.05 bits per heavy atom. The summed E-state index contributed by atoms with van der Waals surface area (Å²) in [6.07, 6.45) is 9.33. The molecule has 0 aromatic carbocycles. The molecule has 4 nitrogen and oxygen atoms in total. The summed E-state index contributed by atoms with van der Waals surface area (Å²) in [6, 6.07) is 0. The molecule has 112 valence electrons. The van der Waals surface area contributed by atoms with Crippen molar-refractivity contribution in [2.24, 2.45) is 5.16 Å². The normalized spacial score (nSPS) is 16.8. The number of oxime groups is 1. The van der Waals surface area contributed by atoms with Gasteiger partial charge in [-0.2, -0.15) is 0 Å². The molecule has 0 atom stereocenters. The molecule has 1 saturated heterocycles. The number of hydrogen-bond donors (Lipinski definition) is 1. The molecule has 1 aliphatic heterocycles. The first kappa shape index (κ1) is 16.4. The SMILES string of the molecule is CCCCOCCCCCCN1CCC(=NO)CC1. The molecule has 1 N–H and O–H groups in total. The van der Waals surface area contributed by atoms with E-state index >= 15 is 0 Å². The van der Waals surface area contributed by atoms with E-state index < -0.39 is 0 Å². The summed E-state index contributed by atoms with van der Waals surface area (Å²) in [6.45, 7) is 7.35. The van der Waals surface area contributed by atoms with Gasteiger partial charge in [0.1, 0.15) is 0 Å². The molecule has 0 unspecified atom stereocenters. The second-order valence-electron chi connectivity index (χ2n) is 5.39. The molecule has 0 amide bonds. The van der Waals surface area contributed by atoms with E-state index in [9.17, 15) is 0 Å². The zero-order valence-corrected chi connectivity index (χ0v) is 12.4. The molecule has 0 spiro atoms. The van der Waals surface area contributed by atoms with Gasteiger partial charge in [-0.3, -0.25) is 0 Å². The topological polar surface area (TPSA) is 45.1 Å². The summed E-state index contributed by atoms with van der Waals surface area (Å²) in [7, 11) is 0. The summed E-state index contributed by atoms with van der Waals surface area (Å²) in [5, 5.41) is 12.0. The van der Waals surface area contributed by atoms with E-state index in [1.54, 1.807) is 0 Å². The summed E-state index contributed by atoms with van der Waals surface area (Å²) in [4.78, 5) is 2.48. The van der Waals surface area contributed by atoms with E-state index in [1.807, 2.05) is 0 Å². The molecule has 1 aliphatic rings. The van der Waals surface area contributed by atoms with Gasteiger partial charge in [-0.25, -0.2) is 0 Å². The lowest BCUT2D eigenvalue weighted by atomic mass is 10.1. The lowest BCUT2D eigenvalue weighted by Crippen LogP contribution is -2.34. The van der Waals surface area contributed by atoms with Gasteiger partial charge in [-0.05, 0) is 25.8 Å². The Morgan fingerprint density at radius 3 is 2.42 bits per heavy atom. The number of unbranched alkanes of at least 4 members (excludes halogenated alkanes) is 4. The Hall–Kier alpha value is -0.610. The fraction of sp³-hybridized carbons (Fsp3) is 0.933. The maximum atomic E-state index is 8.69. The van der Waals surface area contributed by atoms with E-state index in [4.69, 9.17) is 9.94 Å². The van der Waals surface area contributed by atoms with Crippen LogP contribution in [-0.4, -0.2) is 48.7 Å². The smallest absolute Gasteiger partial charge is 0.0596 e. The van der Waals surface area contributed by atoms with Crippen molar-refractivity contribution in [2.45, 2.75) is 58.3 Å². The first-order valence-electron chi connectivity index (χ1n) is 7.86. The van der Waals surface area contributed by atoms with Crippen LogP contribution in [-0.2, 0) is 4.74 Å². The van der Waals surface area contributed by atoms with Crippen LogP contribution in [0.5, 0.6) is 0 Å². The molecule has 0 aromatic heterocycles. The molecule has 19 heavy (non-hydrogen) atoms. The number of piperidine rings is 1. The highest BCUT2D eigenvalue weighted by molar-refractivity contribution is 5.84. The van der Waals surface area contributed by atoms with Crippen LogP contribution in [0.15, 0.2) is 5.16 Å². The summed E-state index contributed by atoms with van der Waals surface area (Å²) in [5.41, 5.74) is 0.959. The Balaban J connectivity index is 1.83. The highest BCUT2D eigenvalue weighted by Gasteiger charge is 2.14. The van der Waals surface area contributed by atoms with Crippen LogP contribution in [0.25, 0.3) is 0 Å². The number of rotatable bonds is 10. The van der Waals surface area contributed by atoms with Crippen LogP contribution in [0.3, 0.4) is 0 Å². The number of likely N-dealkylation sites (tertiary alicyclic amines) is 1. The van der Waals surface area contributed by atoms with Gasteiger partial charge >= 0.3 is 0 Å². The largest absolute Gasteiger partial charge is 0.411 e. The third kappa shape index (κ3) is 8.22. The van der Waals surface area contributed by atoms with E-state index in [0.717, 1.165) is 44.9 Å². The highest BCUT2D eigenvalue weighted by atomic mass is 16.5. The van der Waals surface area contributed by atoms with Gasteiger partial charge in [0.2, 0.25) is 0 Å². The Bertz CT molecular complexity index is 234. The average molecular weight is 270 g/mol. The van der Waals surface area contributed by atoms with E-state index in [1.165, 1.54) is 45.1 Å². The van der Waals surface area contributed by atoms with Crippen molar-refractivity contribution in [2.75, 3.05) is 32.8 Å². The molecule has 0 aromatic rings. The van der Waals surface area contributed by atoms with Gasteiger partial charge in [-0.1, -0.05) is 31.3 Å². The molecule has 1 rings (SSSR count). The van der Waals surface area contributed by atoms with E-state index in [2.05, 4.69) is 17.0 Å². The van der Waals surface area contributed by atoms with Crippen molar-refractivity contribution in [1.82, 2.24) is 4.90 Å². The quantitative estimate of drug-likeness (QED) is 0.376. The van der Waals surface area contributed by atoms with E-state index in [-0.39, 0.29) is 0 Å². The molecule has 4 heteroatoms. The second-order valence-corrected chi connectivity index (χ2v) is 5.39. The zero-order valence-electron chi connectivity index (χ0n) is 12.4. The molecule has 0 aliphatic carbocycles. The van der Waals surface area contributed by atoms with Crippen LogP contribution >= 0.6 is 0 Å². The van der Waals surface area contributed by atoms with E-state index in [0.29, 0.717) is 0 Å². The van der Waals surface area contributed by atoms with Crippen molar-refractivity contribution in [3.63, 3.8) is 0 Å². The fourth-order valence-electron chi connectivity index (χ4n) is 2.38. The van der Waals surface area contributed by atoms with Crippen molar-refractivity contribution in [1.29, 1.82) is 0 Å². The summed E-state index contributed by atoms with van der Waals surface area (Å²) < 4.78 is 5.55. The molecule has 1 fully saturated rings. The molecular weight excluding hydrogens is 240 g/mol. The maximum absolute atomic E-state index is 8.69. The van der Waals surface area contributed by atoms with Crippen LogP contribution in [0.2, 0.25) is 0 Å². The Morgan fingerprint density at radius 2 is 1.74 bits per heavy atom. The molecule has 0 bridgehead atoms. The van der Waals surface area contributed by atoms with Crippen molar-refractivity contribution >= 4 is 5.71 Å². The minimum absolute atomic E-state index is 0.930. The minimum atomic E-state index is 0.930. The monoisotopic (exact) mass is 270 g/mol. The third-order valence-electron chi connectivity index (χ3n) is 3.73. The molecular formula is C15H30N2O2. The number of hydrogen-bond acceptors (Lipinski definition) is 4. The predicted molar refractivity (Wildman–Crippen MR) is 79.1 cm³/mol. The van der Waals surface area contributed by atoms with Crippen LogP contribution in [0, 0.1) is 0 Å². The fourth-order valence-corrected chi connectivity index (χ4v) is 2.38. The van der Waals surface area contributed by atoms with Gasteiger partial charge < -0.3 is 14.8 Å². The molecule has 1 heterocycles. The maximum Gasteiger partial charge on any atom is 0.0596 e. The predicted octanol–water partition coefficient (Wildman–Crippen LogP) is 3.29. The average Bonchev–Trinajstić information content (AvgIpc) is 2.46. The van der Waals surface area contributed by atoms with Crippen molar-refractivity contribution in [3.05, 3.63) is 0 Å². The Kier molecular flexibility index (Phi) is 9.72. The number of nitrogens with zero attached hydrogens (tertiary/aromatic N) is 2. The van der Waals surface area contributed by atoms with Crippen LogP contribution in [0.4, 0.5) is 0 Å². The Labute approximate surface area is 117 Å². The second kappa shape index (κ2) is 11.2. The highest BCUT2D eigenvalue weighted by Crippen LogP contribution is 2.09. The van der Waals surface area contributed by atoms with Gasteiger partial charge in [-0.15, -0.1) is 0 Å². The zero-order chi connectivity index (χ0) is 13.8. The van der Waals surface area contributed by atoms with Crippen molar-refractivity contribution < 1.29 is 9.94 Å². The van der Waals surface area contributed by atoms with Gasteiger partial charge in [0.15, 0.2) is 0 Å². The van der Waals surface area contributed by atoms with Gasteiger partial charge in [0.05, 0.1) is 5.71 Å². The van der Waals surface area contributed by atoms with Gasteiger partial charge in [0, 0.05) is 39.1 Å². The lowest BCUT2D eigenvalue weighted by molar-refractivity contribution is 0.127. The third-order valence-corrected chi connectivity index (χ3v) is 3.73. The number of ether oxygens (including phenoxy) is 1. The summed E-state index contributed by atoms with van der Waals surface area (Å²) in [5.74, 6) is 0. The standard InChI is InChI=1S/C15H30N2O2/c1-2-3-13-19-14-7-5-4-6-10-17-11-8-15(16-18)9-12-17/h18H,2-14H2,1H3. The summed E-state index contributed by atoms with van der Waals surface area (Å²) >= 11 is 0. The van der Waals surface area contributed by atoms with Gasteiger partial charge in [0.25, 0.3) is 0 Å². The first-order valence-corrected chi connectivity index (χ1v) is 7.86. The van der Waals surface area contributed by atoms with Crippen LogP contribution in [0.1, 0.15) is 58.3 Å². The molecule has 0 saturated carbocycles. The molecule has 0 radical (unpaired) electrons.